The van der Waals surface area contributed by atoms with Gasteiger partial charge in [-0.05, 0) is 58.5 Å². The van der Waals surface area contributed by atoms with Crippen LogP contribution in [0.25, 0.3) is 0 Å². The summed E-state index contributed by atoms with van der Waals surface area (Å²) < 4.78 is 28.0. The second-order valence-electron chi connectivity index (χ2n) is 4.52. The van der Waals surface area contributed by atoms with E-state index in [1.807, 2.05) is 30.6 Å². The van der Waals surface area contributed by atoms with E-state index in [1.165, 1.54) is 4.88 Å². The minimum absolute atomic E-state index is 0.279. The molecule has 2 aromatic rings. The summed E-state index contributed by atoms with van der Waals surface area (Å²) in [5, 5.41) is 5.00. The number of benzene rings is 1. The van der Waals surface area contributed by atoms with Gasteiger partial charge in [-0.25, -0.2) is 13.1 Å². The fourth-order valence-corrected chi connectivity index (χ4v) is 4.66. The molecule has 1 aromatic carbocycles. The molecule has 0 atom stereocenters. The highest BCUT2D eigenvalue weighted by Gasteiger charge is 2.17. The minimum atomic E-state index is -3.51. The van der Waals surface area contributed by atoms with E-state index in [-0.39, 0.29) is 4.90 Å². The van der Waals surface area contributed by atoms with Crippen molar-refractivity contribution in [3.8, 4) is 0 Å². The molecular weight excluding hydrogens is 372 g/mol. The summed E-state index contributed by atoms with van der Waals surface area (Å²) in [5.41, 5.74) is 0.930. The first-order valence-corrected chi connectivity index (χ1v) is 9.63. The van der Waals surface area contributed by atoms with Crippen LogP contribution < -0.4 is 10.0 Å². The lowest BCUT2D eigenvalue weighted by Gasteiger charge is -2.10. The number of hydrogen-bond acceptors (Lipinski definition) is 4. The third-order valence-electron chi connectivity index (χ3n) is 2.91. The number of hydrogen-bond donors (Lipinski definition) is 2. The van der Waals surface area contributed by atoms with Crippen molar-refractivity contribution in [2.24, 2.45) is 0 Å². The van der Waals surface area contributed by atoms with Crippen LogP contribution in [0.2, 0.25) is 0 Å². The van der Waals surface area contributed by atoms with Crippen molar-refractivity contribution in [3.05, 3.63) is 50.6 Å². The van der Waals surface area contributed by atoms with Crippen LogP contribution in [-0.2, 0) is 23.0 Å². The maximum Gasteiger partial charge on any atom is 0.241 e. The third-order valence-corrected chi connectivity index (χ3v) is 6.30. The zero-order chi connectivity index (χ0) is 15.3. The van der Waals surface area contributed by atoms with Gasteiger partial charge in [0, 0.05) is 22.4 Å². The average Bonchev–Trinajstić information content (AvgIpc) is 2.94. The Kier molecular flexibility index (Phi) is 5.95. The van der Waals surface area contributed by atoms with E-state index in [1.54, 1.807) is 23.5 Å². The fourth-order valence-electron chi connectivity index (χ4n) is 1.91. The van der Waals surface area contributed by atoms with Gasteiger partial charge < -0.3 is 5.32 Å². The van der Waals surface area contributed by atoms with Gasteiger partial charge in [0.25, 0.3) is 0 Å². The van der Waals surface area contributed by atoms with Crippen LogP contribution in [0.5, 0.6) is 0 Å². The minimum Gasteiger partial charge on any atom is -0.316 e. The molecule has 0 saturated carbocycles. The zero-order valence-electron chi connectivity index (χ0n) is 11.6. The Hall–Kier alpha value is -0.730. The molecule has 7 heteroatoms. The van der Waals surface area contributed by atoms with Crippen molar-refractivity contribution in [2.45, 2.75) is 17.9 Å². The van der Waals surface area contributed by atoms with Gasteiger partial charge in [0.2, 0.25) is 10.0 Å². The molecule has 2 N–H and O–H groups in total. The molecule has 0 radical (unpaired) electrons. The topological polar surface area (TPSA) is 58.2 Å². The van der Waals surface area contributed by atoms with Crippen molar-refractivity contribution in [1.82, 2.24) is 10.0 Å². The highest BCUT2D eigenvalue weighted by molar-refractivity contribution is 9.10. The molecule has 0 fully saturated rings. The fraction of sp³-hybridized carbons (Fsp3) is 0.286. The summed E-state index contributed by atoms with van der Waals surface area (Å²) in [7, 11) is -1.68. The average molecular weight is 389 g/mol. The van der Waals surface area contributed by atoms with E-state index < -0.39 is 10.0 Å². The van der Waals surface area contributed by atoms with Crippen LogP contribution in [0.15, 0.2) is 45.1 Å². The molecule has 0 spiro atoms. The van der Waals surface area contributed by atoms with Crippen molar-refractivity contribution < 1.29 is 8.42 Å². The van der Waals surface area contributed by atoms with Crippen LogP contribution in [0.3, 0.4) is 0 Å². The first-order valence-electron chi connectivity index (χ1n) is 6.48. The Morgan fingerprint density at radius 2 is 2.10 bits per heavy atom. The van der Waals surface area contributed by atoms with E-state index in [9.17, 15) is 8.42 Å². The number of rotatable bonds is 7. The smallest absolute Gasteiger partial charge is 0.241 e. The summed E-state index contributed by atoms with van der Waals surface area (Å²) in [4.78, 5) is 1.45. The van der Waals surface area contributed by atoms with Gasteiger partial charge in [0.05, 0.1) is 4.90 Å². The summed E-state index contributed by atoms with van der Waals surface area (Å²) in [6.07, 6.45) is 0.699. The predicted molar refractivity (Wildman–Crippen MR) is 90.1 cm³/mol. The Balaban J connectivity index is 2.09. The molecule has 0 unspecified atom stereocenters. The van der Waals surface area contributed by atoms with Crippen molar-refractivity contribution in [2.75, 3.05) is 13.6 Å². The number of nitrogens with one attached hydrogen (secondary N) is 2. The lowest BCUT2D eigenvalue weighted by atomic mass is 10.2. The quantitative estimate of drug-likeness (QED) is 0.766. The molecule has 0 bridgehead atoms. The van der Waals surface area contributed by atoms with Crippen molar-refractivity contribution >= 4 is 37.3 Å². The molecule has 21 heavy (non-hydrogen) atoms. The molecule has 0 aliphatic heterocycles. The maximum absolute atomic E-state index is 12.4. The van der Waals surface area contributed by atoms with Crippen molar-refractivity contribution in [1.29, 1.82) is 0 Å². The molecule has 1 heterocycles. The van der Waals surface area contributed by atoms with Gasteiger partial charge in [-0.2, -0.15) is 0 Å². The summed E-state index contributed by atoms with van der Waals surface area (Å²) in [6.45, 7) is 1.02. The summed E-state index contributed by atoms with van der Waals surface area (Å²) in [5.74, 6) is 0. The Bertz CT molecular complexity index is 685. The maximum atomic E-state index is 12.4. The second kappa shape index (κ2) is 7.51. The van der Waals surface area contributed by atoms with Gasteiger partial charge in [0.1, 0.15) is 0 Å². The first-order chi connectivity index (χ1) is 10.0. The van der Waals surface area contributed by atoms with Crippen LogP contribution in [0.4, 0.5) is 0 Å². The normalized spacial score (nSPS) is 11.7. The van der Waals surface area contributed by atoms with Crippen molar-refractivity contribution in [3.63, 3.8) is 0 Å². The van der Waals surface area contributed by atoms with Gasteiger partial charge in [-0.3, -0.25) is 0 Å². The molecule has 4 nitrogen and oxygen atoms in total. The van der Waals surface area contributed by atoms with E-state index in [0.29, 0.717) is 24.0 Å². The van der Waals surface area contributed by atoms with E-state index in [0.717, 1.165) is 5.56 Å². The lowest BCUT2D eigenvalue weighted by Crippen LogP contribution is -2.26. The zero-order valence-corrected chi connectivity index (χ0v) is 14.8. The van der Waals surface area contributed by atoms with Gasteiger partial charge in [-0.15, -0.1) is 11.3 Å². The van der Waals surface area contributed by atoms with E-state index >= 15 is 0 Å². The van der Waals surface area contributed by atoms with Crippen LogP contribution in [-0.4, -0.2) is 22.0 Å². The Morgan fingerprint density at radius 1 is 1.29 bits per heavy atom. The molecule has 2 rings (SSSR count). The molecule has 0 amide bonds. The lowest BCUT2D eigenvalue weighted by molar-refractivity contribution is 0.581. The van der Waals surface area contributed by atoms with Crippen LogP contribution in [0, 0.1) is 0 Å². The standard InChI is InChI=1S/C14H17BrN2O2S2/c1-16-10-11-4-5-13(15)14(9-11)21(18,19)17-7-6-12-3-2-8-20-12/h2-5,8-9,16-17H,6-7,10H2,1H3. The molecule has 0 saturated heterocycles. The van der Waals surface area contributed by atoms with Crippen LogP contribution >= 0.6 is 27.3 Å². The van der Waals surface area contributed by atoms with E-state index in [2.05, 4.69) is 26.0 Å². The Morgan fingerprint density at radius 3 is 2.76 bits per heavy atom. The molecular formula is C14H17BrN2O2S2. The van der Waals surface area contributed by atoms with Gasteiger partial charge >= 0.3 is 0 Å². The molecule has 114 valence electrons. The first kappa shape index (κ1) is 16.6. The Labute approximate surface area is 137 Å². The number of sulfonamides is 1. The largest absolute Gasteiger partial charge is 0.316 e. The van der Waals surface area contributed by atoms with Gasteiger partial charge in [0.15, 0.2) is 0 Å². The third kappa shape index (κ3) is 4.62. The number of thiophene rings is 1. The molecule has 0 aliphatic rings. The molecule has 1 aromatic heterocycles. The highest BCUT2D eigenvalue weighted by Crippen LogP contribution is 2.23. The predicted octanol–water partition coefficient (Wildman–Crippen LogP) is 2.75. The monoisotopic (exact) mass is 388 g/mol. The molecule has 0 aliphatic carbocycles. The summed E-state index contributed by atoms with van der Waals surface area (Å²) >= 11 is 4.94. The van der Waals surface area contributed by atoms with Crippen LogP contribution in [0.1, 0.15) is 10.4 Å². The van der Waals surface area contributed by atoms with Gasteiger partial charge in [-0.1, -0.05) is 12.1 Å². The summed E-state index contributed by atoms with van der Waals surface area (Å²) in [6, 6.07) is 9.31. The second-order valence-corrected chi connectivity index (χ2v) is 8.14. The highest BCUT2D eigenvalue weighted by atomic mass is 79.9. The SMILES string of the molecule is CNCc1ccc(Br)c(S(=O)(=O)NCCc2cccs2)c1. The van der Waals surface area contributed by atoms with E-state index in [4.69, 9.17) is 0 Å². The number of halogens is 1.